The van der Waals surface area contributed by atoms with Crippen molar-refractivity contribution in [2.75, 3.05) is 0 Å². The van der Waals surface area contributed by atoms with Gasteiger partial charge in [-0.15, -0.1) is 0 Å². The van der Waals surface area contributed by atoms with Gasteiger partial charge in [0.05, 0.1) is 0 Å². The molecule has 2 heteroatoms. The van der Waals surface area contributed by atoms with Crippen LogP contribution in [-0.4, -0.2) is 0 Å². The molecule has 4 aromatic carbocycles. The van der Waals surface area contributed by atoms with E-state index in [9.17, 15) is 0 Å². The van der Waals surface area contributed by atoms with Crippen molar-refractivity contribution in [2.24, 2.45) is 0 Å². The standard InChI is InChI=1S/C26H22OP/c1-4-13-22(14-5-1)28(23-15-6-2-7-16-23,24-17-8-3-9-18-24)26-25-19-11-10-12-21(25)20-27-26/h1-19,28H,20H2. The normalized spacial score (nSPS) is 14.6. The van der Waals surface area contributed by atoms with E-state index in [1.54, 1.807) is 0 Å². The first-order valence-corrected chi connectivity index (χ1v) is 11.7. The van der Waals surface area contributed by atoms with Crippen molar-refractivity contribution in [3.8, 4) is 0 Å². The van der Waals surface area contributed by atoms with Crippen LogP contribution in [0.2, 0.25) is 0 Å². The minimum atomic E-state index is -2.55. The van der Waals surface area contributed by atoms with Crippen LogP contribution in [0.4, 0.5) is 0 Å². The third-order valence-electron chi connectivity index (χ3n) is 5.59. The van der Waals surface area contributed by atoms with Crippen LogP contribution in [0.3, 0.4) is 0 Å². The average Bonchev–Trinajstić information content (AvgIpc) is 3.21. The fourth-order valence-corrected chi connectivity index (χ4v) is 9.16. The second-order valence-electron chi connectivity index (χ2n) is 7.12. The van der Waals surface area contributed by atoms with Crippen LogP contribution in [0.5, 0.6) is 0 Å². The van der Waals surface area contributed by atoms with E-state index in [1.807, 2.05) is 0 Å². The van der Waals surface area contributed by atoms with Crippen LogP contribution in [0.25, 0.3) is 0 Å². The van der Waals surface area contributed by atoms with E-state index in [1.165, 1.54) is 27.0 Å². The first kappa shape index (κ1) is 17.4. The molecule has 4 aromatic rings. The maximum absolute atomic E-state index is 6.53. The minimum absolute atomic E-state index is 0.646. The third-order valence-corrected chi connectivity index (χ3v) is 10.3. The number of ether oxygens (including phenoxy) is 1. The van der Waals surface area contributed by atoms with Crippen molar-refractivity contribution >= 4 is 23.2 Å². The van der Waals surface area contributed by atoms with Crippen LogP contribution in [-0.2, 0) is 11.3 Å². The van der Waals surface area contributed by atoms with Gasteiger partial charge in [-0.1, -0.05) is 0 Å². The van der Waals surface area contributed by atoms with Gasteiger partial charge < -0.3 is 0 Å². The summed E-state index contributed by atoms with van der Waals surface area (Å²) in [7, 11) is -2.55. The van der Waals surface area contributed by atoms with Crippen molar-refractivity contribution in [2.45, 2.75) is 6.61 Å². The van der Waals surface area contributed by atoms with Crippen molar-refractivity contribution in [3.63, 3.8) is 0 Å². The van der Waals surface area contributed by atoms with Crippen LogP contribution >= 0.6 is 7.26 Å². The van der Waals surface area contributed by atoms with Crippen LogP contribution in [0.1, 0.15) is 11.1 Å². The molecule has 1 aliphatic heterocycles. The molecule has 1 nitrogen and oxygen atoms in total. The summed E-state index contributed by atoms with van der Waals surface area (Å²) in [6, 6.07) is 41.4. The summed E-state index contributed by atoms with van der Waals surface area (Å²) in [4.78, 5) is 0. The number of fused-ring (bicyclic) bond motifs is 1. The molecule has 0 saturated heterocycles. The van der Waals surface area contributed by atoms with E-state index in [0.29, 0.717) is 6.61 Å². The molecule has 1 aliphatic rings. The molecule has 0 saturated carbocycles. The Hall–Kier alpha value is -2.73. The number of benzene rings is 4. The second kappa shape index (κ2) is 7.36. The number of hydrogen-bond donors (Lipinski definition) is 0. The zero-order valence-electron chi connectivity index (χ0n) is 15.6. The molecule has 0 bridgehead atoms. The second-order valence-corrected chi connectivity index (χ2v) is 10.8. The van der Waals surface area contributed by atoms with Gasteiger partial charge in [0, 0.05) is 0 Å². The predicted molar refractivity (Wildman–Crippen MR) is 120 cm³/mol. The van der Waals surface area contributed by atoms with Gasteiger partial charge in [0.25, 0.3) is 0 Å². The molecule has 1 radical (unpaired) electrons. The fourth-order valence-electron chi connectivity index (χ4n) is 4.36. The van der Waals surface area contributed by atoms with Gasteiger partial charge in [0.1, 0.15) is 0 Å². The SMILES string of the molecule is c1ccc([PH]([C]2OCc3ccccc32)(c2ccccc2)c2ccccc2)cc1. The molecule has 28 heavy (non-hydrogen) atoms. The molecule has 0 spiro atoms. The summed E-state index contributed by atoms with van der Waals surface area (Å²) in [5.41, 5.74) is 2.53. The average molecular weight is 381 g/mol. The van der Waals surface area contributed by atoms with E-state index in [4.69, 9.17) is 4.74 Å². The first-order valence-electron chi connectivity index (χ1n) is 9.66. The summed E-state index contributed by atoms with van der Waals surface area (Å²) in [6.45, 7) is 0.646. The van der Waals surface area contributed by atoms with Crippen LogP contribution < -0.4 is 15.9 Å². The quantitative estimate of drug-likeness (QED) is 0.462. The van der Waals surface area contributed by atoms with Gasteiger partial charge >= 0.3 is 167 Å². The van der Waals surface area contributed by atoms with Gasteiger partial charge in [-0.25, -0.2) is 0 Å². The first-order chi connectivity index (χ1) is 13.9. The van der Waals surface area contributed by atoms with Crippen LogP contribution in [0, 0.1) is 5.85 Å². The summed E-state index contributed by atoms with van der Waals surface area (Å²) >= 11 is 0. The summed E-state index contributed by atoms with van der Waals surface area (Å²) < 4.78 is 6.53. The van der Waals surface area contributed by atoms with Crippen molar-refractivity contribution in [1.82, 2.24) is 0 Å². The number of rotatable bonds is 4. The van der Waals surface area contributed by atoms with Crippen LogP contribution in [0.15, 0.2) is 115 Å². The van der Waals surface area contributed by atoms with Crippen molar-refractivity contribution in [3.05, 3.63) is 132 Å². The van der Waals surface area contributed by atoms with Gasteiger partial charge in [-0.05, 0) is 0 Å². The molecule has 137 valence electrons. The van der Waals surface area contributed by atoms with E-state index in [-0.39, 0.29) is 0 Å². The Bertz CT molecular complexity index is 964. The Morgan fingerprint density at radius 3 is 1.43 bits per heavy atom. The Morgan fingerprint density at radius 1 is 0.500 bits per heavy atom. The molecule has 0 aromatic heterocycles. The topological polar surface area (TPSA) is 9.23 Å². The van der Waals surface area contributed by atoms with Gasteiger partial charge in [-0.3, -0.25) is 0 Å². The van der Waals surface area contributed by atoms with Gasteiger partial charge in [0.15, 0.2) is 0 Å². The molecule has 0 N–H and O–H groups in total. The Balaban J connectivity index is 1.87. The fraction of sp³-hybridized carbons (Fsp3) is 0.0385. The zero-order valence-corrected chi connectivity index (χ0v) is 16.6. The van der Waals surface area contributed by atoms with E-state index < -0.39 is 7.26 Å². The molecule has 0 fully saturated rings. The summed E-state index contributed by atoms with van der Waals surface area (Å²) in [6.07, 6.45) is 0. The molecule has 0 unspecified atom stereocenters. The van der Waals surface area contributed by atoms with E-state index in [2.05, 4.69) is 115 Å². The predicted octanol–water partition coefficient (Wildman–Crippen LogP) is 4.78. The molecular formula is C26H22OP. The summed E-state index contributed by atoms with van der Waals surface area (Å²) in [5.74, 6) is 1.15. The number of hydrogen-bond acceptors (Lipinski definition) is 1. The Morgan fingerprint density at radius 2 is 0.929 bits per heavy atom. The molecule has 5 rings (SSSR count). The maximum atomic E-state index is 6.53. The van der Waals surface area contributed by atoms with Crippen molar-refractivity contribution in [1.29, 1.82) is 0 Å². The van der Waals surface area contributed by atoms with Crippen molar-refractivity contribution < 1.29 is 4.74 Å². The molecule has 0 aliphatic carbocycles. The zero-order chi connectivity index (χ0) is 18.8. The van der Waals surface area contributed by atoms with Gasteiger partial charge in [-0.2, -0.15) is 0 Å². The van der Waals surface area contributed by atoms with Gasteiger partial charge in [0.2, 0.25) is 0 Å². The Labute approximate surface area is 167 Å². The summed E-state index contributed by atoms with van der Waals surface area (Å²) in [5, 5.41) is 4.04. The molecule has 1 heterocycles. The Kier molecular flexibility index (Phi) is 4.56. The van der Waals surface area contributed by atoms with E-state index in [0.717, 1.165) is 5.85 Å². The molecule has 0 atom stereocenters. The molecule has 0 amide bonds. The third kappa shape index (κ3) is 2.71. The monoisotopic (exact) mass is 381 g/mol. The molecular weight excluding hydrogens is 359 g/mol. The van der Waals surface area contributed by atoms with E-state index >= 15 is 0 Å².